The van der Waals surface area contributed by atoms with E-state index in [2.05, 4.69) is 20.8 Å². The summed E-state index contributed by atoms with van der Waals surface area (Å²) in [6.07, 6.45) is 5.53. The summed E-state index contributed by atoms with van der Waals surface area (Å²) in [7, 11) is 9.81. The van der Waals surface area contributed by atoms with Gasteiger partial charge in [-0.05, 0) is 5.92 Å². The van der Waals surface area contributed by atoms with Crippen LogP contribution in [0.4, 0.5) is 0 Å². The Kier molecular flexibility index (Phi) is 18.2. The van der Waals surface area contributed by atoms with Gasteiger partial charge in [0.2, 0.25) is 0 Å². The van der Waals surface area contributed by atoms with E-state index in [9.17, 15) is 0 Å². The minimum Gasteiger partial charge on any atom is -0.240 e. The number of unbranched alkanes of at least 4 members (excludes halogenated alkanes) is 1. The zero-order valence-electron chi connectivity index (χ0n) is 7.87. The van der Waals surface area contributed by atoms with E-state index < -0.39 is 13.4 Å². The molecule has 3 heteroatoms. The molecule has 0 aromatic heterocycles. The Morgan fingerprint density at radius 3 is 2.00 bits per heavy atom. The Morgan fingerprint density at radius 1 is 1.27 bits per heavy atom. The van der Waals surface area contributed by atoms with Crippen LogP contribution in [-0.2, 0) is 0 Å². The molecule has 0 amide bonds. The second-order valence-corrected chi connectivity index (χ2v) is 5.38. The van der Waals surface area contributed by atoms with E-state index >= 15 is 0 Å². The van der Waals surface area contributed by atoms with E-state index in [0.29, 0.717) is 0 Å². The molecule has 68 valence electrons. The molecule has 0 saturated heterocycles. The first-order chi connectivity index (χ1) is 5.22. The Hall–Kier alpha value is 1.11. The monoisotopic (exact) mass is 212 g/mol. The van der Waals surface area contributed by atoms with Crippen LogP contribution in [0.25, 0.3) is 0 Å². The van der Waals surface area contributed by atoms with Crippen molar-refractivity contribution in [2.75, 3.05) is 0 Å². The maximum absolute atomic E-state index is 4.90. The summed E-state index contributed by atoms with van der Waals surface area (Å²) in [4.78, 5) is 0. The fourth-order valence-corrected chi connectivity index (χ4v) is 0.757. The first kappa shape index (κ1) is 14.6. The predicted octanol–water partition coefficient (Wildman–Crippen LogP) is 3.95. The molecule has 0 fully saturated rings. The Bertz CT molecular complexity index is 60.1. The fourth-order valence-electron chi connectivity index (χ4n) is 0.757. The van der Waals surface area contributed by atoms with Crippen molar-refractivity contribution in [1.82, 2.24) is 0 Å². The van der Waals surface area contributed by atoms with Crippen LogP contribution in [0.3, 0.4) is 0 Å². The van der Waals surface area contributed by atoms with Gasteiger partial charge in [-0.3, -0.25) is 0 Å². The third kappa shape index (κ3) is 18.2. The minimum atomic E-state index is -0.639. The topological polar surface area (TPSA) is 0 Å². The van der Waals surface area contributed by atoms with Gasteiger partial charge in [0.05, 0.1) is 0 Å². The lowest BCUT2D eigenvalue weighted by atomic mass is 10.0. The second-order valence-electron chi connectivity index (χ2n) is 2.76. The van der Waals surface area contributed by atoms with Crippen LogP contribution in [-0.4, -0.2) is 13.4 Å². The molecule has 0 aliphatic rings. The highest BCUT2D eigenvalue weighted by Gasteiger charge is 1.94. The van der Waals surface area contributed by atoms with Crippen molar-refractivity contribution < 1.29 is 0 Å². The molecule has 1 unspecified atom stereocenters. The maximum atomic E-state index is 4.90. The lowest BCUT2D eigenvalue weighted by molar-refractivity contribution is 0.492. The molecule has 0 N–H and O–H groups in total. The van der Waals surface area contributed by atoms with Crippen LogP contribution >= 0.6 is 20.1 Å². The van der Waals surface area contributed by atoms with Crippen molar-refractivity contribution in [2.45, 2.75) is 46.5 Å². The van der Waals surface area contributed by atoms with E-state index in [4.69, 9.17) is 20.1 Å². The van der Waals surface area contributed by atoms with Crippen LogP contribution < -0.4 is 0 Å². The first-order valence-corrected chi connectivity index (χ1v) is 8.62. The fraction of sp³-hybridized carbons (Fsp3) is 1.00. The van der Waals surface area contributed by atoms with Crippen LogP contribution in [0.5, 0.6) is 0 Å². The summed E-state index contributed by atoms with van der Waals surface area (Å²) in [5, 5.41) is 0. The van der Waals surface area contributed by atoms with Gasteiger partial charge in [0.1, 0.15) is 0 Å². The van der Waals surface area contributed by atoms with Crippen molar-refractivity contribution in [2.24, 2.45) is 5.92 Å². The normalized spacial score (nSPS) is 11.4. The molecule has 0 bridgehead atoms. The van der Waals surface area contributed by atoms with Crippen LogP contribution in [0.1, 0.15) is 46.5 Å². The molecule has 0 heterocycles. The molecule has 0 aromatic rings. The van der Waals surface area contributed by atoms with Gasteiger partial charge in [0.25, 0.3) is 0 Å². The van der Waals surface area contributed by atoms with Gasteiger partial charge < -0.3 is 0 Å². The summed E-state index contributed by atoms with van der Waals surface area (Å²) in [5.74, 6) is 0.954. The van der Waals surface area contributed by atoms with Gasteiger partial charge in [0.15, 0.2) is 0 Å². The van der Waals surface area contributed by atoms with E-state index in [-0.39, 0.29) is 0 Å². The third-order valence-electron chi connectivity index (χ3n) is 1.75. The average molecular weight is 213 g/mol. The van der Waals surface area contributed by atoms with Gasteiger partial charge >= 0.3 is 13.4 Å². The number of rotatable bonds is 4. The Morgan fingerprint density at radius 2 is 1.73 bits per heavy atom. The average Bonchev–Trinajstić information content (AvgIpc) is 2.02. The van der Waals surface area contributed by atoms with Gasteiger partial charge in [-0.2, -0.15) is 0 Å². The van der Waals surface area contributed by atoms with E-state index in [0.717, 1.165) is 5.92 Å². The maximum Gasteiger partial charge on any atom is 0.499 e. The summed E-state index contributed by atoms with van der Waals surface area (Å²) < 4.78 is 0. The minimum absolute atomic E-state index is 0.639. The van der Waals surface area contributed by atoms with Crippen LogP contribution in [0.15, 0.2) is 0 Å². The van der Waals surface area contributed by atoms with E-state index in [1.54, 1.807) is 0 Å². The second kappa shape index (κ2) is 13.7. The zero-order valence-corrected chi connectivity index (χ0v) is 10.8. The molecular formula is C8H19AlCl2. The lowest BCUT2D eigenvalue weighted by Crippen LogP contribution is -1.89. The molecule has 0 nitrogen and oxygen atoms in total. The van der Waals surface area contributed by atoms with E-state index in [1.165, 1.54) is 25.7 Å². The molecule has 0 radical (unpaired) electrons. The predicted molar refractivity (Wildman–Crippen MR) is 57.8 cm³/mol. The number of hydrogen-bond donors (Lipinski definition) is 0. The van der Waals surface area contributed by atoms with Gasteiger partial charge in [0, 0.05) is 0 Å². The molecule has 0 saturated carbocycles. The molecule has 1 atom stereocenters. The molecule has 11 heavy (non-hydrogen) atoms. The number of hydrogen-bond acceptors (Lipinski definition) is 0. The summed E-state index contributed by atoms with van der Waals surface area (Å²) >= 11 is -0.639. The molecule has 0 aliphatic heterocycles. The lowest BCUT2D eigenvalue weighted by Gasteiger charge is -2.04. The van der Waals surface area contributed by atoms with Crippen LogP contribution in [0.2, 0.25) is 0 Å². The van der Waals surface area contributed by atoms with Crippen molar-refractivity contribution in [3.8, 4) is 0 Å². The smallest absolute Gasteiger partial charge is 0.240 e. The standard InChI is InChI=1S/C8H18.Al.2ClH.H/c1-4-6-7-8(3)5-2;;;;/h8H,4-7H2,1-3H3;;2*1H;/q;+2;;;/p-2. The molecular weight excluding hydrogens is 194 g/mol. The highest BCUT2D eigenvalue weighted by Crippen LogP contribution is 2.09. The van der Waals surface area contributed by atoms with Crippen LogP contribution in [0, 0.1) is 5.92 Å². The van der Waals surface area contributed by atoms with Gasteiger partial charge in [-0.25, -0.2) is 20.1 Å². The summed E-state index contributed by atoms with van der Waals surface area (Å²) in [6, 6.07) is 0. The third-order valence-corrected chi connectivity index (χ3v) is 1.75. The van der Waals surface area contributed by atoms with Gasteiger partial charge in [-0.1, -0.05) is 46.5 Å². The Labute approximate surface area is 85.8 Å². The molecule has 0 rings (SSSR count). The van der Waals surface area contributed by atoms with Crippen molar-refractivity contribution in [3.05, 3.63) is 0 Å². The first-order valence-electron chi connectivity index (χ1n) is 4.34. The van der Waals surface area contributed by atoms with Gasteiger partial charge in [-0.15, -0.1) is 0 Å². The molecule has 0 aliphatic carbocycles. The summed E-state index contributed by atoms with van der Waals surface area (Å²) in [6.45, 7) is 6.85. The number of halogens is 2. The highest BCUT2D eigenvalue weighted by atomic mass is 35.7. The summed E-state index contributed by atoms with van der Waals surface area (Å²) in [5.41, 5.74) is 0. The van der Waals surface area contributed by atoms with Crippen molar-refractivity contribution in [1.29, 1.82) is 0 Å². The SMILES string of the molecule is CCCCC(C)CC.[Cl][AlH][Cl]. The quantitative estimate of drug-likeness (QED) is 0.620. The zero-order chi connectivity index (χ0) is 9.11. The molecule has 0 spiro atoms. The Balaban J connectivity index is 0. The van der Waals surface area contributed by atoms with Crippen molar-refractivity contribution in [3.63, 3.8) is 0 Å². The highest BCUT2D eigenvalue weighted by molar-refractivity contribution is 7.22. The van der Waals surface area contributed by atoms with E-state index in [1.807, 2.05) is 0 Å². The molecule has 0 aromatic carbocycles. The van der Waals surface area contributed by atoms with Crippen molar-refractivity contribution >= 4 is 33.5 Å². The largest absolute Gasteiger partial charge is 0.499 e.